The van der Waals surface area contributed by atoms with Crippen LogP contribution < -0.4 is 19.8 Å². The summed E-state index contributed by atoms with van der Waals surface area (Å²) in [5.74, 6) is 0.0278. The number of esters is 1. The predicted octanol–water partition coefficient (Wildman–Crippen LogP) is 3.49. The molecule has 0 radical (unpaired) electrons. The van der Waals surface area contributed by atoms with E-state index in [2.05, 4.69) is 10.4 Å². The second kappa shape index (κ2) is 12.7. The first-order valence-electron chi connectivity index (χ1n) is 12.1. The standard InChI is InChI=1S/C27H33N3O6/c1-5-34-23-11-9-20(16-24(23)35-6-2)13-14-28-25(31)17-36-27(33)21-10-12-26(32)30(29-21)22-15-18(3)7-8-19(22)4/h7-9,11,15-16H,5-6,10,12-14,17H2,1-4H3,(H,28,31). The average Bonchev–Trinajstić information content (AvgIpc) is 2.86. The lowest BCUT2D eigenvalue weighted by Gasteiger charge is -2.24. The van der Waals surface area contributed by atoms with Gasteiger partial charge in [0.25, 0.3) is 5.91 Å². The van der Waals surface area contributed by atoms with Crippen molar-refractivity contribution in [3.8, 4) is 11.5 Å². The molecule has 0 saturated heterocycles. The largest absolute Gasteiger partial charge is 0.490 e. The zero-order valence-electron chi connectivity index (χ0n) is 21.3. The van der Waals surface area contributed by atoms with Gasteiger partial charge in [-0.05, 0) is 69.0 Å². The van der Waals surface area contributed by atoms with Crippen LogP contribution in [0.3, 0.4) is 0 Å². The van der Waals surface area contributed by atoms with E-state index in [1.807, 2.05) is 64.1 Å². The fourth-order valence-corrected chi connectivity index (χ4v) is 3.70. The number of nitrogens with one attached hydrogen (secondary N) is 1. The number of aryl methyl sites for hydroxylation is 2. The zero-order valence-corrected chi connectivity index (χ0v) is 21.3. The van der Waals surface area contributed by atoms with E-state index < -0.39 is 18.5 Å². The van der Waals surface area contributed by atoms with Crippen LogP contribution in [0.2, 0.25) is 0 Å². The van der Waals surface area contributed by atoms with Crippen LogP contribution in [0.15, 0.2) is 41.5 Å². The molecule has 192 valence electrons. The normalized spacial score (nSPS) is 13.2. The first-order valence-corrected chi connectivity index (χ1v) is 12.1. The molecule has 0 aliphatic carbocycles. The smallest absolute Gasteiger partial charge is 0.355 e. The molecule has 2 amide bonds. The summed E-state index contributed by atoms with van der Waals surface area (Å²) in [5.41, 5.74) is 3.56. The van der Waals surface area contributed by atoms with Crippen molar-refractivity contribution in [2.75, 3.05) is 31.4 Å². The highest BCUT2D eigenvalue weighted by atomic mass is 16.5. The highest BCUT2D eigenvalue weighted by Crippen LogP contribution is 2.29. The van der Waals surface area contributed by atoms with E-state index in [9.17, 15) is 14.4 Å². The molecule has 3 rings (SSSR count). The summed E-state index contributed by atoms with van der Waals surface area (Å²) in [4.78, 5) is 37.2. The fourth-order valence-electron chi connectivity index (χ4n) is 3.70. The number of hydrazone groups is 1. The first-order chi connectivity index (χ1) is 17.3. The number of rotatable bonds is 11. The Hall–Kier alpha value is -3.88. The van der Waals surface area contributed by atoms with Gasteiger partial charge in [-0.3, -0.25) is 9.59 Å². The van der Waals surface area contributed by atoms with Crippen LogP contribution in [0.25, 0.3) is 0 Å². The molecule has 9 nitrogen and oxygen atoms in total. The zero-order chi connectivity index (χ0) is 26.1. The highest BCUT2D eigenvalue weighted by Gasteiger charge is 2.27. The minimum atomic E-state index is -0.708. The Kier molecular flexibility index (Phi) is 9.44. The summed E-state index contributed by atoms with van der Waals surface area (Å²) in [6, 6.07) is 11.4. The molecular weight excluding hydrogens is 462 g/mol. The summed E-state index contributed by atoms with van der Waals surface area (Å²) in [6.07, 6.45) is 0.881. The summed E-state index contributed by atoms with van der Waals surface area (Å²) in [7, 11) is 0. The van der Waals surface area contributed by atoms with Crippen molar-refractivity contribution in [3.63, 3.8) is 0 Å². The molecule has 1 aliphatic rings. The van der Waals surface area contributed by atoms with Crippen molar-refractivity contribution >= 4 is 29.2 Å². The Morgan fingerprint density at radius 1 is 1.00 bits per heavy atom. The molecule has 0 saturated carbocycles. The van der Waals surface area contributed by atoms with Crippen molar-refractivity contribution in [2.45, 2.75) is 47.0 Å². The maximum Gasteiger partial charge on any atom is 0.355 e. The molecule has 9 heteroatoms. The van der Waals surface area contributed by atoms with Crippen LogP contribution in [0, 0.1) is 13.8 Å². The number of hydrogen-bond acceptors (Lipinski definition) is 7. The van der Waals surface area contributed by atoms with E-state index in [0.717, 1.165) is 16.7 Å². The lowest BCUT2D eigenvalue weighted by atomic mass is 10.1. The van der Waals surface area contributed by atoms with E-state index in [1.54, 1.807) is 0 Å². The molecule has 0 bridgehead atoms. The highest BCUT2D eigenvalue weighted by molar-refractivity contribution is 6.38. The van der Waals surface area contributed by atoms with Crippen LogP contribution >= 0.6 is 0 Å². The third kappa shape index (κ3) is 7.07. The average molecular weight is 496 g/mol. The van der Waals surface area contributed by atoms with Gasteiger partial charge in [0, 0.05) is 19.4 Å². The minimum absolute atomic E-state index is 0.112. The van der Waals surface area contributed by atoms with Crippen LogP contribution in [-0.4, -0.2) is 49.9 Å². The van der Waals surface area contributed by atoms with Gasteiger partial charge in [0.2, 0.25) is 5.91 Å². The van der Waals surface area contributed by atoms with Crippen LogP contribution in [0.5, 0.6) is 11.5 Å². The summed E-state index contributed by atoms with van der Waals surface area (Å²) < 4.78 is 16.4. The van der Waals surface area contributed by atoms with E-state index in [-0.39, 0.29) is 24.5 Å². The van der Waals surface area contributed by atoms with Gasteiger partial charge in [-0.25, -0.2) is 4.79 Å². The van der Waals surface area contributed by atoms with Crippen LogP contribution in [0.1, 0.15) is 43.4 Å². The number of benzene rings is 2. The molecule has 0 unspecified atom stereocenters. The Labute approximate surface area is 211 Å². The van der Waals surface area contributed by atoms with Gasteiger partial charge in [-0.2, -0.15) is 10.1 Å². The van der Waals surface area contributed by atoms with E-state index in [0.29, 0.717) is 43.4 Å². The lowest BCUT2D eigenvalue weighted by Crippen LogP contribution is -2.37. The number of anilines is 1. The van der Waals surface area contributed by atoms with Gasteiger partial charge < -0.3 is 19.5 Å². The van der Waals surface area contributed by atoms with Gasteiger partial charge >= 0.3 is 5.97 Å². The van der Waals surface area contributed by atoms with Crippen molar-refractivity contribution in [3.05, 3.63) is 53.1 Å². The SMILES string of the molecule is CCOc1ccc(CCNC(=O)COC(=O)C2=NN(c3cc(C)ccc3C)C(=O)CC2)cc1OCC. The molecule has 1 aliphatic heterocycles. The molecule has 2 aromatic rings. The van der Waals surface area contributed by atoms with E-state index in [4.69, 9.17) is 14.2 Å². The van der Waals surface area contributed by atoms with Crippen molar-refractivity contribution < 1.29 is 28.6 Å². The second-order valence-electron chi connectivity index (χ2n) is 8.37. The summed E-state index contributed by atoms with van der Waals surface area (Å²) in [6.45, 7) is 8.61. The third-order valence-corrected chi connectivity index (χ3v) is 5.54. The molecule has 0 atom stereocenters. The van der Waals surface area contributed by atoms with Gasteiger partial charge in [0.1, 0.15) is 5.71 Å². The van der Waals surface area contributed by atoms with Crippen molar-refractivity contribution in [1.29, 1.82) is 0 Å². The molecule has 1 heterocycles. The number of carbonyl (C=O) groups excluding carboxylic acids is 3. The van der Waals surface area contributed by atoms with Gasteiger partial charge in [-0.1, -0.05) is 18.2 Å². The lowest BCUT2D eigenvalue weighted by molar-refractivity contribution is -0.142. The molecule has 0 fully saturated rings. The van der Waals surface area contributed by atoms with E-state index >= 15 is 0 Å². The monoisotopic (exact) mass is 495 g/mol. The minimum Gasteiger partial charge on any atom is -0.490 e. The topological polar surface area (TPSA) is 107 Å². The second-order valence-corrected chi connectivity index (χ2v) is 8.37. The maximum atomic E-state index is 12.5. The number of ether oxygens (including phenoxy) is 3. The third-order valence-electron chi connectivity index (χ3n) is 5.54. The molecule has 36 heavy (non-hydrogen) atoms. The molecular formula is C27H33N3O6. The van der Waals surface area contributed by atoms with E-state index in [1.165, 1.54) is 5.01 Å². The van der Waals surface area contributed by atoms with Gasteiger partial charge in [0.05, 0.1) is 18.9 Å². The molecule has 0 aromatic heterocycles. The number of nitrogens with zero attached hydrogens (tertiary/aromatic N) is 2. The Morgan fingerprint density at radius 2 is 1.75 bits per heavy atom. The Morgan fingerprint density at radius 3 is 2.50 bits per heavy atom. The van der Waals surface area contributed by atoms with Crippen LogP contribution in [-0.2, 0) is 25.5 Å². The predicted molar refractivity (Wildman–Crippen MR) is 137 cm³/mol. The first kappa shape index (κ1) is 26.7. The molecule has 1 N–H and O–H groups in total. The number of amides is 2. The molecule has 2 aromatic carbocycles. The Bertz CT molecular complexity index is 1140. The van der Waals surface area contributed by atoms with Gasteiger partial charge in [0.15, 0.2) is 18.1 Å². The maximum absolute atomic E-state index is 12.5. The summed E-state index contributed by atoms with van der Waals surface area (Å²) >= 11 is 0. The fraction of sp³-hybridized carbons (Fsp3) is 0.407. The van der Waals surface area contributed by atoms with Crippen LogP contribution in [0.4, 0.5) is 5.69 Å². The number of carbonyl (C=O) groups is 3. The number of hydrogen-bond donors (Lipinski definition) is 1. The summed E-state index contributed by atoms with van der Waals surface area (Å²) in [5, 5.41) is 8.22. The van der Waals surface area contributed by atoms with Crippen molar-refractivity contribution in [2.24, 2.45) is 5.10 Å². The van der Waals surface area contributed by atoms with Gasteiger partial charge in [-0.15, -0.1) is 0 Å². The Balaban J connectivity index is 1.51. The van der Waals surface area contributed by atoms with Crippen molar-refractivity contribution in [1.82, 2.24) is 5.32 Å². The molecule has 0 spiro atoms. The quantitative estimate of drug-likeness (QED) is 0.479.